The van der Waals surface area contributed by atoms with Gasteiger partial charge < -0.3 is 9.30 Å². The van der Waals surface area contributed by atoms with Gasteiger partial charge in [0, 0.05) is 13.0 Å². The van der Waals surface area contributed by atoms with Crippen molar-refractivity contribution in [3.05, 3.63) is 16.7 Å². The second-order valence-corrected chi connectivity index (χ2v) is 5.53. The van der Waals surface area contributed by atoms with Crippen molar-refractivity contribution in [3.63, 3.8) is 0 Å². The van der Waals surface area contributed by atoms with Gasteiger partial charge >= 0.3 is 5.97 Å². The van der Waals surface area contributed by atoms with E-state index >= 15 is 0 Å². The van der Waals surface area contributed by atoms with Crippen LogP contribution in [-0.4, -0.2) is 22.6 Å². The number of methoxy groups -OCH3 is 1. The Morgan fingerprint density at radius 1 is 1.61 bits per heavy atom. The van der Waals surface area contributed by atoms with Gasteiger partial charge in [0.05, 0.1) is 12.8 Å². The molecule has 1 aliphatic rings. The molecule has 0 saturated heterocycles. The van der Waals surface area contributed by atoms with Crippen LogP contribution in [0.5, 0.6) is 0 Å². The number of halogens is 1. The lowest BCUT2D eigenvalue weighted by Crippen LogP contribution is -2.24. The number of carbonyl (C=O) groups excluding carboxylic acids is 1. The van der Waals surface area contributed by atoms with Crippen molar-refractivity contribution >= 4 is 17.6 Å². The average molecular weight is 271 g/mol. The third-order valence-electron chi connectivity index (χ3n) is 3.32. The van der Waals surface area contributed by atoms with E-state index in [-0.39, 0.29) is 11.9 Å². The maximum Gasteiger partial charge on any atom is 0.314 e. The number of ether oxygens (including phenoxy) is 1. The molecule has 0 fully saturated rings. The van der Waals surface area contributed by atoms with Crippen LogP contribution in [0, 0.1) is 5.92 Å². The maximum atomic E-state index is 11.8. The lowest BCUT2D eigenvalue weighted by atomic mass is 9.96. The Kier molecular flexibility index (Phi) is 3.95. The number of hydrogen-bond acceptors (Lipinski definition) is 3. The summed E-state index contributed by atoms with van der Waals surface area (Å²) in [6, 6.07) is 0. The summed E-state index contributed by atoms with van der Waals surface area (Å²) < 4.78 is 6.96. The first kappa shape index (κ1) is 13.4. The molecule has 0 spiro atoms. The van der Waals surface area contributed by atoms with E-state index in [0.717, 1.165) is 37.3 Å². The Morgan fingerprint density at radius 3 is 2.94 bits per heavy atom. The zero-order valence-corrected chi connectivity index (χ0v) is 11.8. The molecule has 1 unspecified atom stereocenters. The van der Waals surface area contributed by atoms with Gasteiger partial charge in [-0.1, -0.05) is 25.4 Å². The summed E-state index contributed by atoms with van der Waals surface area (Å²) in [5, 5.41) is 0.459. The summed E-state index contributed by atoms with van der Waals surface area (Å²) in [4.78, 5) is 16.2. The Morgan fingerprint density at radius 2 is 2.33 bits per heavy atom. The topological polar surface area (TPSA) is 44.1 Å². The van der Waals surface area contributed by atoms with Crippen molar-refractivity contribution in [1.82, 2.24) is 9.55 Å². The van der Waals surface area contributed by atoms with Crippen LogP contribution in [0.15, 0.2) is 0 Å². The van der Waals surface area contributed by atoms with Gasteiger partial charge in [0.15, 0.2) is 5.15 Å². The van der Waals surface area contributed by atoms with E-state index in [4.69, 9.17) is 16.3 Å². The van der Waals surface area contributed by atoms with Gasteiger partial charge in [-0.3, -0.25) is 4.79 Å². The molecule has 2 heterocycles. The highest BCUT2D eigenvalue weighted by atomic mass is 35.5. The number of hydrogen-bond donors (Lipinski definition) is 0. The predicted molar refractivity (Wildman–Crippen MR) is 69.8 cm³/mol. The van der Waals surface area contributed by atoms with Gasteiger partial charge in [0.1, 0.15) is 11.7 Å². The largest absolute Gasteiger partial charge is 0.469 e. The molecule has 1 atom stereocenters. The van der Waals surface area contributed by atoms with Crippen LogP contribution >= 0.6 is 11.6 Å². The van der Waals surface area contributed by atoms with E-state index in [2.05, 4.69) is 23.4 Å². The fourth-order valence-electron chi connectivity index (χ4n) is 2.55. The van der Waals surface area contributed by atoms with Gasteiger partial charge in [0.25, 0.3) is 0 Å². The number of aromatic nitrogens is 2. The van der Waals surface area contributed by atoms with Crippen LogP contribution in [0.1, 0.15) is 44.1 Å². The summed E-state index contributed by atoms with van der Waals surface area (Å²) in [7, 11) is 1.42. The summed E-state index contributed by atoms with van der Waals surface area (Å²) in [6.45, 7) is 5.19. The fourth-order valence-corrected chi connectivity index (χ4v) is 2.88. The Bertz CT molecular complexity index is 454. The number of imidazole rings is 1. The molecule has 0 N–H and O–H groups in total. The Balaban J connectivity index is 2.39. The van der Waals surface area contributed by atoms with E-state index in [9.17, 15) is 4.79 Å². The monoisotopic (exact) mass is 270 g/mol. The zero-order chi connectivity index (χ0) is 13.3. The quantitative estimate of drug-likeness (QED) is 0.794. The van der Waals surface area contributed by atoms with E-state index in [1.807, 2.05) is 0 Å². The molecule has 2 rings (SSSR count). The van der Waals surface area contributed by atoms with E-state index in [1.54, 1.807) is 0 Å². The number of esters is 1. The number of rotatable bonds is 3. The summed E-state index contributed by atoms with van der Waals surface area (Å²) in [5.41, 5.74) is 0.838. The molecular formula is C13H19ClN2O2. The third-order valence-corrected chi connectivity index (χ3v) is 3.60. The van der Waals surface area contributed by atoms with Crippen LogP contribution in [-0.2, 0) is 22.5 Å². The first-order chi connectivity index (χ1) is 8.54. The van der Waals surface area contributed by atoms with Crippen LogP contribution in [0.4, 0.5) is 0 Å². The molecule has 0 amide bonds. The zero-order valence-electron chi connectivity index (χ0n) is 11.1. The van der Waals surface area contributed by atoms with Crippen LogP contribution in [0.3, 0.4) is 0 Å². The number of fused-ring (bicyclic) bond motifs is 1. The van der Waals surface area contributed by atoms with Crippen LogP contribution < -0.4 is 0 Å². The maximum absolute atomic E-state index is 11.8. The molecule has 18 heavy (non-hydrogen) atoms. The molecule has 0 aliphatic carbocycles. The lowest BCUT2D eigenvalue weighted by molar-refractivity contribution is -0.143. The molecule has 100 valence electrons. The number of carbonyl (C=O) groups is 1. The van der Waals surface area contributed by atoms with E-state index in [1.165, 1.54) is 7.11 Å². The minimum atomic E-state index is -0.260. The van der Waals surface area contributed by atoms with Crippen molar-refractivity contribution in [2.75, 3.05) is 7.11 Å². The highest BCUT2D eigenvalue weighted by Crippen LogP contribution is 2.34. The Hall–Kier alpha value is -1.03. The summed E-state index contributed by atoms with van der Waals surface area (Å²) in [5.74, 6) is 1.03. The molecule has 1 aromatic heterocycles. The molecule has 1 aliphatic heterocycles. The van der Waals surface area contributed by atoms with Gasteiger partial charge in [-0.2, -0.15) is 0 Å². The van der Waals surface area contributed by atoms with Crippen LogP contribution in [0.25, 0.3) is 0 Å². The Labute approximate surface area is 112 Å². The highest BCUT2D eigenvalue weighted by molar-refractivity contribution is 6.30. The average Bonchev–Trinajstić information content (AvgIpc) is 2.65. The van der Waals surface area contributed by atoms with Gasteiger partial charge in [0.2, 0.25) is 0 Å². The smallest absolute Gasteiger partial charge is 0.314 e. The van der Waals surface area contributed by atoms with Crippen molar-refractivity contribution in [1.29, 1.82) is 0 Å². The molecule has 0 bridgehead atoms. The molecule has 0 aromatic carbocycles. The summed E-state index contributed by atoms with van der Waals surface area (Å²) >= 11 is 6.20. The minimum absolute atomic E-state index is 0.214. The first-order valence-electron chi connectivity index (χ1n) is 6.37. The lowest BCUT2D eigenvalue weighted by Gasteiger charge is -2.24. The van der Waals surface area contributed by atoms with Crippen LogP contribution in [0.2, 0.25) is 5.15 Å². The summed E-state index contributed by atoms with van der Waals surface area (Å²) in [6.07, 6.45) is 2.64. The third kappa shape index (κ3) is 2.39. The van der Waals surface area contributed by atoms with E-state index < -0.39 is 0 Å². The second kappa shape index (κ2) is 5.31. The molecular weight excluding hydrogens is 252 g/mol. The minimum Gasteiger partial charge on any atom is -0.469 e. The molecule has 4 nitrogen and oxygen atoms in total. The van der Waals surface area contributed by atoms with E-state index in [0.29, 0.717) is 11.1 Å². The molecule has 5 heteroatoms. The molecule has 0 saturated carbocycles. The molecule has 0 radical (unpaired) electrons. The van der Waals surface area contributed by atoms with Gasteiger partial charge in [-0.05, 0) is 18.8 Å². The standard InChI is InChI=1S/C13H19ClN2O2/c1-8(2)7-10-15-12(14)11-9(13(17)18-3)5-4-6-16(10)11/h8-9H,4-7H2,1-3H3. The molecule has 1 aromatic rings. The predicted octanol–water partition coefficient (Wildman–Crippen LogP) is 2.79. The first-order valence-corrected chi connectivity index (χ1v) is 6.75. The second-order valence-electron chi connectivity index (χ2n) is 5.17. The van der Waals surface area contributed by atoms with Crippen molar-refractivity contribution < 1.29 is 9.53 Å². The van der Waals surface area contributed by atoms with Crippen molar-refractivity contribution in [2.24, 2.45) is 5.92 Å². The van der Waals surface area contributed by atoms with Crippen molar-refractivity contribution in [2.45, 2.75) is 45.6 Å². The highest BCUT2D eigenvalue weighted by Gasteiger charge is 2.32. The van der Waals surface area contributed by atoms with Crippen molar-refractivity contribution in [3.8, 4) is 0 Å². The van der Waals surface area contributed by atoms with Gasteiger partial charge in [-0.25, -0.2) is 4.98 Å². The van der Waals surface area contributed by atoms with Gasteiger partial charge in [-0.15, -0.1) is 0 Å². The normalized spacial score (nSPS) is 18.8. The fraction of sp³-hybridized carbons (Fsp3) is 0.692. The SMILES string of the molecule is COC(=O)C1CCCn2c(CC(C)C)nc(Cl)c21. The number of nitrogens with zero attached hydrogens (tertiary/aromatic N) is 2.